The van der Waals surface area contributed by atoms with Crippen molar-refractivity contribution in [1.29, 1.82) is 0 Å². The van der Waals surface area contributed by atoms with Gasteiger partial charge in [-0.25, -0.2) is 0 Å². The second-order valence-electron chi connectivity index (χ2n) is 3.92. The zero-order valence-corrected chi connectivity index (χ0v) is 8.28. The molecule has 0 radical (unpaired) electrons. The molecular weight excluding hydrogens is 176 g/mol. The highest BCUT2D eigenvalue weighted by molar-refractivity contribution is 5.26. The van der Waals surface area contributed by atoms with E-state index in [1.807, 2.05) is 18.2 Å². The molecule has 1 aromatic rings. The Morgan fingerprint density at radius 2 is 1.79 bits per heavy atom. The van der Waals surface area contributed by atoms with Crippen LogP contribution in [0.4, 0.5) is 0 Å². The molecule has 1 aliphatic rings. The van der Waals surface area contributed by atoms with E-state index in [0.717, 1.165) is 26.1 Å². The zero-order chi connectivity index (χ0) is 9.86. The highest BCUT2D eigenvalue weighted by Gasteiger charge is 2.33. The first-order valence-electron chi connectivity index (χ1n) is 5.11. The molecule has 0 amide bonds. The molecule has 0 unspecified atom stereocenters. The molecule has 0 aliphatic carbocycles. The third kappa shape index (κ3) is 1.68. The topological polar surface area (TPSA) is 29.5 Å². The number of hydrogen-bond donors (Lipinski definition) is 1. The van der Waals surface area contributed by atoms with Crippen LogP contribution < -0.4 is 0 Å². The van der Waals surface area contributed by atoms with Crippen molar-refractivity contribution in [2.75, 3.05) is 19.8 Å². The Morgan fingerprint density at radius 1 is 1.14 bits per heavy atom. The van der Waals surface area contributed by atoms with Crippen molar-refractivity contribution in [3.63, 3.8) is 0 Å². The van der Waals surface area contributed by atoms with Gasteiger partial charge in [0.15, 0.2) is 0 Å². The number of aliphatic hydroxyl groups excluding tert-OH is 1. The van der Waals surface area contributed by atoms with Crippen LogP contribution in [0.3, 0.4) is 0 Å². The zero-order valence-electron chi connectivity index (χ0n) is 8.28. The maximum absolute atomic E-state index is 9.54. The van der Waals surface area contributed by atoms with Crippen LogP contribution in [-0.2, 0) is 10.2 Å². The number of hydrogen-bond acceptors (Lipinski definition) is 2. The number of aliphatic hydroxyl groups is 1. The van der Waals surface area contributed by atoms with E-state index in [9.17, 15) is 5.11 Å². The lowest BCUT2D eigenvalue weighted by Gasteiger charge is -2.35. The highest BCUT2D eigenvalue weighted by Crippen LogP contribution is 2.33. The highest BCUT2D eigenvalue weighted by atomic mass is 16.5. The second kappa shape index (κ2) is 4.11. The lowest BCUT2D eigenvalue weighted by molar-refractivity contribution is 0.0253. The van der Waals surface area contributed by atoms with Crippen molar-refractivity contribution in [3.05, 3.63) is 35.9 Å². The fourth-order valence-corrected chi connectivity index (χ4v) is 2.09. The first-order chi connectivity index (χ1) is 6.87. The van der Waals surface area contributed by atoms with Gasteiger partial charge in [0.25, 0.3) is 0 Å². The van der Waals surface area contributed by atoms with Crippen molar-refractivity contribution >= 4 is 0 Å². The third-order valence-electron chi connectivity index (χ3n) is 3.14. The first-order valence-corrected chi connectivity index (χ1v) is 5.11. The number of benzene rings is 1. The van der Waals surface area contributed by atoms with Gasteiger partial charge in [0.2, 0.25) is 0 Å². The van der Waals surface area contributed by atoms with E-state index in [0.29, 0.717) is 0 Å². The molecule has 0 aromatic heterocycles. The van der Waals surface area contributed by atoms with Crippen LogP contribution >= 0.6 is 0 Å². The Hall–Kier alpha value is -0.860. The van der Waals surface area contributed by atoms with E-state index < -0.39 is 0 Å². The Balaban J connectivity index is 2.27. The molecule has 14 heavy (non-hydrogen) atoms. The summed E-state index contributed by atoms with van der Waals surface area (Å²) in [6.07, 6.45) is 1.85. The van der Waals surface area contributed by atoms with Gasteiger partial charge in [0.05, 0.1) is 6.61 Å². The summed E-state index contributed by atoms with van der Waals surface area (Å²) in [4.78, 5) is 0. The van der Waals surface area contributed by atoms with Crippen molar-refractivity contribution in [2.45, 2.75) is 18.3 Å². The quantitative estimate of drug-likeness (QED) is 0.773. The molecule has 1 heterocycles. The van der Waals surface area contributed by atoms with E-state index in [1.54, 1.807) is 0 Å². The van der Waals surface area contributed by atoms with Gasteiger partial charge in [-0.1, -0.05) is 30.3 Å². The van der Waals surface area contributed by atoms with E-state index in [2.05, 4.69) is 12.1 Å². The summed E-state index contributed by atoms with van der Waals surface area (Å²) in [6, 6.07) is 10.3. The molecule has 2 rings (SSSR count). The predicted molar refractivity (Wildman–Crippen MR) is 55.3 cm³/mol. The van der Waals surface area contributed by atoms with Crippen molar-refractivity contribution in [3.8, 4) is 0 Å². The Labute approximate surface area is 84.5 Å². The molecule has 2 heteroatoms. The van der Waals surface area contributed by atoms with Crippen molar-refractivity contribution < 1.29 is 9.84 Å². The lowest BCUT2D eigenvalue weighted by Crippen LogP contribution is -2.37. The largest absolute Gasteiger partial charge is 0.395 e. The standard InChI is InChI=1S/C12H16O2/c13-10-12(6-8-14-9-7-12)11-4-2-1-3-5-11/h1-5,13H,6-10H2. The molecule has 0 atom stereocenters. The summed E-state index contributed by atoms with van der Waals surface area (Å²) in [6.45, 7) is 1.74. The molecule has 0 bridgehead atoms. The van der Waals surface area contributed by atoms with E-state index >= 15 is 0 Å². The van der Waals surface area contributed by atoms with Gasteiger partial charge in [0, 0.05) is 18.6 Å². The fraction of sp³-hybridized carbons (Fsp3) is 0.500. The molecule has 1 aromatic carbocycles. The van der Waals surface area contributed by atoms with Crippen LogP contribution in [0.25, 0.3) is 0 Å². The van der Waals surface area contributed by atoms with Gasteiger partial charge >= 0.3 is 0 Å². The minimum absolute atomic E-state index is 0.0560. The normalized spacial score (nSPS) is 20.6. The molecule has 1 aliphatic heterocycles. The average molecular weight is 192 g/mol. The van der Waals surface area contributed by atoms with E-state index in [1.165, 1.54) is 5.56 Å². The molecule has 76 valence electrons. The fourth-order valence-electron chi connectivity index (χ4n) is 2.09. The van der Waals surface area contributed by atoms with Crippen LogP contribution in [0.1, 0.15) is 18.4 Å². The molecule has 0 saturated carbocycles. The molecular formula is C12H16O2. The van der Waals surface area contributed by atoms with Crippen LogP contribution in [0.2, 0.25) is 0 Å². The minimum atomic E-state index is -0.0560. The molecule has 1 fully saturated rings. The second-order valence-corrected chi connectivity index (χ2v) is 3.92. The van der Waals surface area contributed by atoms with Crippen LogP contribution in [-0.4, -0.2) is 24.9 Å². The Kier molecular flexibility index (Phi) is 2.85. The lowest BCUT2D eigenvalue weighted by atomic mass is 9.75. The maximum Gasteiger partial charge on any atom is 0.0529 e. The van der Waals surface area contributed by atoms with Crippen LogP contribution in [0, 0.1) is 0 Å². The van der Waals surface area contributed by atoms with Crippen LogP contribution in [0.5, 0.6) is 0 Å². The Morgan fingerprint density at radius 3 is 2.36 bits per heavy atom. The number of rotatable bonds is 2. The van der Waals surface area contributed by atoms with Crippen molar-refractivity contribution in [2.24, 2.45) is 0 Å². The maximum atomic E-state index is 9.54. The predicted octanol–water partition coefficient (Wildman–Crippen LogP) is 1.73. The summed E-state index contributed by atoms with van der Waals surface area (Å²) in [5.41, 5.74) is 1.19. The third-order valence-corrected chi connectivity index (χ3v) is 3.14. The van der Waals surface area contributed by atoms with Crippen molar-refractivity contribution in [1.82, 2.24) is 0 Å². The van der Waals surface area contributed by atoms with E-state index in [-0.39, 0.29) is 12.0 Å². The molecule has 1 N–H and O–H groups in total. The monoisotopic (exact) mass is 192 g/mol. The summed E-state index contributed by atoms with van der Waals surface area (Å²) in [5, 5.41) is 9.54. The summed E-state index contributed by atoms with van der Waals surface area (Å²) < 4.78 is 5.34. The van der Waals surface area contributed by atoms with Gasteiger partial charge in [-0.2, -0.15) is 0 Å². The first kappa shape index (κ1) is 9.69. The number of ether oxygens (including phenoxy) is 1. The van der Waals surface area contributed by atoms with Gasteiger partial charge in [0.1, 0.15) is 0 Å². The van der Waals surface area contributed by atoms with Gasteiger partial charge in [-0.15, -0.1) is 0 Å². The molecule has 1 saturated heterocycles. The van der Waals surface area contributed by atoms with Gasteiger partial charge in [-0.3, -0.25) is 0 Å². The minimum Gasteiger partial charge on any atom is -0.395 e. The summed E-state index contributed by atoms with van der Waals surface area (Å²) in [5.74, 6) is 0. The van der Waals surface area contributed by atoms with Gasteiger partial charge in [-0.05, 0) is 18.4 Å². The molecule has 2 nitrogen and oxygen atoms in total. The average Bonchev–Trinajstić information content (AvgIpc) is 2.31. The van der Waals surface area contributed by atoms with Gasteiger partial charge < -0.3 is 9.84 Å². The van der Waals surface area contributed by atoms with E-state index in [4.69, 9.17) is 4.74 Å². The van der Waals surface area contributed by atoms with Crippen LogP contribution in [0.15, 0.2) is 30.3 Å². The summed E-state index contributed by atoms with van der Waals surface area (Å²) in [7, 11) is 0. The molecule has 0 spiro atoms. The SMILES string of the molecule is OCC1(c2ccccc2)CCOCC1. The Bertz CT molecular complexity index is 276. The summed E-state index contributed by atoms with van der Waals surface area (Å²) >= 11 is 0. The smallest absolute Gasteiger partial charge is 0.0529 e.